The lowest BCUT2D eigenvalue weighted by Gasteiger charge is -2.35. The van der Waals surface area contributed by atoms with Crippen molar-refractivity contribution >= 4 is 17.0 Å². The van der Waals surface area contributed by atoms with E-state index in [1.165, 1.54) is 28.4 Å². The lowest BCUT2D eigenvalue weighted by Crippen LogP contribution is -2.43. The molecule has 0 aliphatic carbocycles. The lowest BCUT2D eigenvalue weighted by atomic mass is 10.0. The Labute approximate surface area is 130 Å². The Hall–Kier alpha value is -1.46. The Bertz CT molecular complexity index is 561. The summed E-state index contributed by atoms with van der Waals surface area (Å²) in [5, 5.41) is 4.93. The maximum absolute atomic E-state index is 4.48. The molecule has 0 spiro atoms. The second kappa shape index (κ2) is 6.54. The van der Waals surface area contributed by atoms with Crippen molar-refractivity contribution in [3.05, 3.63) is 40.6 Å². The van der Waals surface area contributed by atoms with Crippen LogP contribution < -0.4 is 10.2 Å². The Kier molecular flexibility index (Phi) is 4.51. The number of aromatic nitrogens is 2. The summed E-state index contributed by atoms with van der Waals surface area (Å²) >= 11 is 1.79. The molecule has 1 unspecified atom stereocenters. The van der Waals surface area contributed by atoms with E-state index in [0.29, 0.717) is 12.1 Å². The van der Waals surface area contributed by atoms with E-state index in [4.69, 9.17) is 0 Å². The van der Waals surface area contributed by atoms with Gasteiger partial charge in [0, 0.05) is 48.3 Å². The van der Waals surface area contributed by atoms with Crippen LogP contribution in [0.5, 0.6) is 0 Å². The van der Waals surface area contributed by atoms with E-state index in [1.807, 2.05) is 18.6 Å². The minimum atomic E-state index is 0.348. The van der Waals surface area contributed by atoms with E-state index in [2.05, 4.69) is 46.2 Å². The highest BCUT2D eigenvalue weighted by Crippen LogP contribution is 2.23. The summed E-state index contributed by atoms with van der Waals surface area (Å²) in [5.41, 5.74) is 1.28. The molecule has 2 aromatic rings. The summed E-state index contributed by atoms with van der Waals surface area (Å²) in [7, 11) is 0. The normalized spacial score (nSPS) is 17.9. The van der Waals surface area contributed by atoms with Gasteiger partial charge >= 0.3 is 0 Å². The molecule has 1 saturated heterocycles. The van der Waals surface area contributed by atoms with Gasteiger partial charge in [-0.2, -0.15) is 0 Å². The van der Waals surface area contributed by atoms with E-state index in [-0.39, 0.29) is 0 Å². The second-order valence-electron chi connectivity index (χ2n) is 5.66. The van der Waals surface area contributed by atoms with Crippen molar-refractivity contribution in [2.24, 2.45) is 0 Å². The van der Waals surface area contributed by atoms with Gasteiger partial charge in [0.15, 0.2) is 0 Å². The Morgan fingerprint density at radius 1 is 1.29 bits per heavy atom. The number of rotatable bonds is 4. The first-order chi connectivity index (χ1) is 10.2. The molecule has 1 aliphatic rings. The van der Waals surface area contributed by atoms with Gasteiger partial charge in [-0.15, -0.1) is 11.3 Å². The third-order valence-corrected chi connectivity index (χ3v) is 5.11. The van der Waals surface area contributed by atoms with Crippen LogP contribution >= 0.6 is 11.3 Å². The topological polar surface area (TPSA) is 41.1 Å². The molecule has 21 heavy (non-hydrogen) atoms. The molecular formula is C16H22N4S. The zero-order chi connectivity index (χ0) is 14.7. The van der Waals surface area contributed by atoms with Gasteiger partial charge in [-0.25, -0.2) is 4.98 Å². The fraction of sp³-hybridized carbons (Fsp3) is 0.500. The number of hydrogen-bond donors (Lipinski definition) is 1. The van der Waals surface area contributed by atoms with Crippen LogP contribution in [0.25, 0.3) is 0 Å². The number of hydrogen-bond acceptors (Lipinski definition) is 5. The average Bonchev–Trinajstić information content (AvgIpc) is 2.96. The molecule has 5 heteroatoms. The fourth-order valence-electron chi connectivity index (χ4n) is 2.86. The second-order valence-corrected chi connectivity index (χ2v) is 6.93. The smallest absolute Gasteiger partial charge is 0.109 e. The van der Waals surface area contributed by atoms with E-state index in [9.17, 15) is 0 Å². The Morgan fingerprint density at radius 2 is 2.00 bits per heavy atom. The number of pyridine rings is 1. The minimum Gasteiger partial charge on any atom is -0.371 e. The van der Waals surface area contributed by atoms with E-state index < -0.39 is 0 Å². The van der Waals surface area contributed by atoms with Gasteiger partial charge in [-0.3, -0.25) is 4.98 Å². The molecule has 3 heterocycles. The van der Waals surface area contributed by atoms with Gasteiger partial charge < -0.3 is 10.2 Å². The third-order valence-electron chi connectivity index (χ3n) is 4.02. The van der Waals surface area contributed by atoms with Crippen LogP contribution in [-0.4, -0.2) is 29.1 Å². The van der Waals surface area contributed by atoms with Crippen LogP contribution in [0.1, 0.15) is 35.7 Å². The van der Waals surface area contributed by atoms with Crippen LogP contribution in [0.2, 0.25) is 0 Å². The number of thiazole rings is 1. The lowest BCUT2D eigenvalue weighted by molar-refractivity contribution is 0.380. The molecule has 0 aromatic carbocycles. The predicted octanol–water partition coefficient (Wildman–Crippen LogP) is 3.17. The zero-order valence-electron chi connectivity index (χ0n) is 12.6. The van der Waals surface area contributed by atoms with Gasteiger partial charge in [0.2, 0.25) is 0 Å². The molecule has 0 bridgehead atoms. The van der Waals surface area contributed by atoms with Crippen molar-refractivity contribution in [2.75, 3.05) is 18.0 Å². The summed E-state index contributed by atoms with van der Waals surface area (Å²) in [6.45, 7) is 6.53. The van der Waals surface area contributed by atoms with Gasteiger partial charge in [0.05, 0.1) is 6.04 Å². The highest BCUT2D eigenvalue weighted by Gasteiger charge is 2.21. The maximum Gasteiger partial charge on any atom is 0.109 e. The van der Waals surface area contributed by atoms with Crippen molar-refractivity contribution in [1.82, 2.24) is 15.3 Å². The van der Waals surface area contributed by atoms with Crippen molar-refractivity contribution < 1.29 is 0 Å². The predicted molar refractivity (Wildman–Crippen MR) is 87.9 cm³/mol. The van der Waals surface area contributed by atoms with E-state index >= 15 is 0 Å². The largest absolute Gasteiger partial charge is 0.371 e. The van der Waals surface area contributed by atoms with E-state index in [1.54, 1.807) is 11.3 Å². The molecule has 0 radical (unpaired) electrons. The highest BCUT2D eigenvalue weighted by molar-refractivity contribution is 7.11. The van der Waals surface area contributed by atoms with Gasteiger partial charge in [-0.05, 0) is 38.8 Å². The van der Waals surface area contributed by atoms with Crippen molar-refractivity contribution in [2.45, 2.75) is 38.8 Å². The molecule has 1 aliphatic heterocycles. The highest BCUT2D eigenvalue weighted by atomic mass is 32.1. The van der Waals surface area contributed by atoms with E-state index in [0.717, 1.165) is 13.1 Å². The first kappa shape index (κ1) is 14.5. The average molecular weight is 302 g/mol. The summed E-state index contributed by atoms with van der Waals surface area (Å²) in [4.78, 5) is 12.3. The van der Waals surface area contributed by atoms with Crippen LogP contribution in [0, 0.1) is 6.92 Å². The first-order valence-electron chi connectivity index (χ1n) is 7.56. The Morgan fingerprint density at radius 3 is 2.62 bits per heavy atom. The minimum absolute atomic E-state index is 0.348. The molecule has 0 amide bonds. The molecular weight excluding hydrogens is 280 g/mol. The molecule has 112 valence electrons. The molecule has 3 rings (SSSR count). The molecule has 1 fully saturated rings. The van der Waals surface area contributed by atoms with Gasteiger partial charge in [0.1, 0.15) is 5.01 Å². The maximum atomic E-state index is 4.48. The number of piperidine rings is 1. The number of nitrogens with one attached hydrogen (secondary N) is 1. The summed E-state index contributed by atoms with van der Waals surface area (Å²) in [5.74, 6) is 0. The summed E-state index contributed by atoms with van der Waals surface area (Å²) < 4.78 is 0. The number of anilines is 1. The molecule has 1 atom stereocenters. The molecule has 0 saturated carbocycles. The third kappa shape index (κ3) is 3.60. The Balaban J connectivity index is 1.52. The van der Waals surface area contributed by atoms with Crippen LogP contribution in [0.3, 0.4) is 0 Å². The van der Waals surface area contributed by atoms with Crippen LogP contribution in [0.4, 0.5) is 5.69 Å². The van der Waals surface area contributed by atoms with Crippen molar-refractivity contribution in [3.63, 3.8) is 0 Å². The van der Waals surface area contributed by atoms with Gasteiger partial charge in [0.25, 0.3) is 0 Å². The SMILES string of the molecule is Cc1cnc(C(C)NC2CCN(c3ccncc3)CC2)s1. The number of aryl methyl sites for hydroxylation is 1. The monoisotopic (exact) mass is 302 g/mol. The summed E-state index contributed by atoms with van der Waals surface area (Å²) in [6.07, 6.45) is 8.05. The van der Waals surface area contributed by atoms with Crippen LogP contribution in [-0.2, 0) is 0 Å². The quantitative estimate of drug-likeness (QED) is 0.942. The van der Waals surface area contributed by atoms with Crippen molar-refractivity contribution in [1.29, 1.82) is 0 Å². The van der Waals surface area contributed by atoms with Crippen LogP contribution in [0.15, 0.2) is 30.7 Å². The molecule has 1 N–H and O–H groups in total. The van der Waals surface area contributed by atoms with Crippen molar-refractivity contribution in [3.8, 4) is 0 Å². The fourth-order valence-corrected chi connectivity index (χ4v) is 3.64. The zero-order valence-corrected chi connectivity index (χ0v) is 13.4. The molecule has 4 nitrogen and oxygen atoms in total. The molecule has 2 aromatic heterocycles. The van der Waals surface area contributed by atoms with Gasteiger partial charge in [-0.1, -0.05) is 0 Å². The standard InChI is InChI=1S/C16H22N4S/c1-12-11-18-16(21-12)13(2)19-14-5-9-20(10-6-14)15-3-7-17-8-4-15/h3-4,7-8,11,13-14,19H,5-6,9-10H2,1-2H3. The number of nitrogens with zero attached hydrogens (tertiary/aromatic N) is 3. The summed E-state index contributed by atoms with van der Waals surface area (Å²) in [6, 6.07) is 5.12. The first-order valence-corrected chi connectivity index (χ1v) is 8.37.